The van der Waals surface area contributed by atoms with Crippen LogP contribution in [0.1, 0.15) is 23.1 Å². The van der Waals surface area contributed by atoms with Crippen LogP contribution in [0.4, 0.5) is 8.78 Å². The first-order valence-electron chi connectivity index (χ1n) is 7.49. The van der Waals surface area contributed by atoms with Crippen molar-refractivity contribution in [1.82, 2.24) is 25.6 Å². The number of benzene rings is 1. The number of amides is 1. The molecule has 2 N–H and O–H groups in total. The van der Waals surface area contributed by atoms with Crippen LogP contribution < -0.4 is 15.4 Å². The average Bonchev–Trinajstić information content (AvgIpc) is 2.93. The Bertz CT molecular complexity index is 679. The van der Waals surface area contributed by atoms with Gasteiger partial charge in [-0.3, -0.25) is 4.79 Å². The number of nitrogens with zero attached hydrogens (tertiary/aromatic N) is 3. The van der Waals surface area contributed by atoms with Crippen molar-refractivity contribution in [1.29, 1.82) is 0 Å². The summed E-state index contributed by atoms with van der Waals surface area (Å²) in [5, 5.41) is 13.7. The summed E-state index contributed by atoms with van der Waals surface area (Å²) in [5.41, 5.74) is 1.37. The van der Waals surface area contributed by atoms with Crippen molar-refractivity contribution in [2.45, 2.75) is 20.5 Å². The van der Waals surface area contributed by atoms with Gasteiger partial charge in [-0.2, -0.15) is 8.78 Å². The molecule has 1 aromatic carbocycles. The van der Waals surface area contributed by atoms with E-state index in [9.17, 15) is 13.6 Å². The number of rotatable bonds is 8. The van der Waals surface area contributed by atoms with Gasteiger partial charge in [-0.15, -0.1) is 17.5 Å². The summed E-state index contributed by atoms with van der Waals surface area (Å²) in [6.07, 6.45) is 0. The molecule has 0 aliphatic heterocycles. The normalized spacial score (nSPS) is 10.4. The molecule has 2 aromatic rings. The second kappa shape index (κ2) is 9.90. The van der Waals surface area contributed by atoms with E-state index >= 15 is 0 Å². The van der Waals surface area contributed by atoms with Gasteiger partial charge in [0.1, 0.15) is 5.75 Å². The second-order valence-corrected chi connectivity index (χ2v) is 4.92. The number of alkyl halides is 2. The molecule has 25 heavy (non-hydrogen) atoms. The highest BCUT2D eigenvalue weighted by Crippen LogP contribution is 2.18. The lowest BCUT2D eigenvalue weighted by atomic mass is 10.2. The lowest BCUT2D eigenvalue weighted by Gasteiger charge is -2.07. The van der Waals surface area contributed by atoms with Crippen LogP contribution in [0, 0.1) is 6.92 Å². The van der Waals surface area contributed by atoms with Crippen molar-refractivity contribution < 1.29 is 18.3 Å². The summed E-state index contributed by atoms with van der Waals surface area (Å²) < 4.78 is 30.1. The summed E-state index contributed by atoms with van der Waals surface area (Å²) in [5.74, 6) is -0.262. The molecule has 2 rings (SSSR count). The number of halogens is 3. The molecule has 0 radical (unpaired) electrons. The van der Waals surface area contributed by atoms with Crippen LogP contribution in [0.3, 0.4) is 0 Å². The number of carbonyl (C=O) groups excluding carboxylic acids is 1. The zero-order chi connectivity index (χ0) is 17.5. The Morgan fingerprint density at radius 2 is 1.96 bits per heavy atom. The molecule has 138 valence electrons. The number of carbonyl (C=O) groups is 1. The molecule has 0 saturated heterocycles. The van der Waals surface area contributed by atoms with Crippen molar-refractivity contribution in [3.63, 3.8) is 0 Å². The van der Waals surface area contributed by atoms with Crippen LogP contribution >= 0.6 is 12.4 Å². The molecular formula is C15H20ClF2N5O2. The van der Waals surface area contributed by atoms with Crippen molar-refractivity contribution >= 4 is 18.3 Å². The molecule has 0 fully saturated rings. The number of hydrogen-bond donors (Lipinski definition) is 2. The van der Waals surface area contributed by atoms with E-state index in [1.165, 1.54) is 16.8 Å². The van der Waals surface area contributed by atoms with Crippen molar-refractivity contribution in [3.8, 4) is 11.4 Å². The molecule has 0 saturated carbocycles. The fraction of sp³-hybridized carbons (Fsp3) is 0.400. The molecule has 1 heterocycles. The van der Waals surface area contributed by atoms with E-state index < -0.39 is 6.61 Å². The van der Waals surface area contributed by atoms with Gasteiger partial charge in [0, 0.05) is 13.1 Å². The minimum atomic E-state index is -2.87. The maximum atomic E-state index is 12.2. The number of nitrogens with one attached hydrogen (secondary N) is 2. The lowest BCUT2D eigenvalue weighted by Crippen LogP contribution is -2.32. The van der Waals surface area contributed by atoms with E-state index in [0.29, 0.717) is 24.5 Å². The van der Waals surface area contributed by atoms with Crippen LogP contribution in [0.15, 0.2) is 24.3 Å². The number of hydrogen-bond acceptors (Lipinski definition) is 5. The van der Waals surface area contributed by atoms with Gasteiger partial charge in [0.05, 0.1) is 11.4 Å². The zero-order valence-electron chi connectivity index (χ0n) is 13.8. The molecular weight excluding hydrogens is 356 g/mol. The highest BCUT2D eigenvalue weighted by molar-refractivity contribution is 5.93. The number of likely N-dealkylation sites (N-methyl/N-ethyl adjacent to an activating group) is 1. The first-order chi connectivity index (χ1) is 11.5. The molecule has 0 aliphatic carbocycles. The Labute approximate surface area is 150 Å². The zero-order valence-corrected chi connectivity index (χ0v) is 14.6. The largest absolute Gasteiger partial charge is 0.435 e. The van der Waals surface area contributed by atoms with Crippen LogP contribution in [-0.4, -0.2) is 47.1 Å². The quantitative estimate of drug-likeness (QED) is 0.689. The summed E-state index contributed by atoms with van der Waals surface area (Å²) in [4.78, 5) is 12.1. The Kier molecular flexibility index (Phi) is 8.23. The molecule has 0 bridgehead atoms. The minimum absolute atomic E-state index is 0. The first-order valence-corrected chi connectivity index (χ1v) is 7.49. The van der Waals surface area contributed by atoms with Gasteiger partial charge in [0.2, 0.25) is 0 Å². The van der Waals surface area contributed by atoms with E-state index in [0.717, 1.165) is 6.54 Å². The third-order valence-corrected chi connectivity index (χ3v) is 3.25. The third kappa shape index (κ3) is 5.64. The van der Waals surface area contributed by atoms with E-state index in [1.807, 2.05) is 6.92 Å². The third-order valence-electron chi connectivity index (χ3n) is 3.25. The van der Waals surface area contributed by atoms with Gasteiger partial charge in [0.25, 0.3) is 5.91 Å². The van der Waals surface area contributed by atoms with E-state index in [4.69, 9.17) is 0 Å². The predicted octanol–water partition coefficient (Wildman–Crippen LogP) is 1.94. The molecule has 7 nitrogen and oxygen atoms in total. The second-order valence-electron chi connectivity index (χ2n) is 4.92. The Morgan fingerprint density at radius 3 is 2.56 bits per heavy atom. The monoisotopic (exact) mass is 375 g/mol. The van der Waals surface area contributed by atoms with Gasteiger partial charge >= 0.3 is 6.61 Å². The van der Waals surface area contributed by atoms with Crippen molar-refractivity contribution in [2.24, 2.45) is 0 Å². The van der Waals surface area contributed by atoms with E-state index in [-0.39, 0.29) is 29.8 Å². The van der Waals surface area contributed by atoms with Crippen LogP contribution in [0.5, 0.6) is 5.75 Å². The standard InChI is InChI=1S/C15H19F2N5O2.ClH/c1-3-18-8-9-19-14(23)13-10(2)22(21-20-13)11-4-6-12(7-5-11)24-15(16)17;/h4-7,15,18H,3,8-9H2,1-2H3,(H,19,23);1H. The lowest BCUT2D eigenvalue weighted by molar-refractivity contribution is -0.0498. The molecule has 0 atom stereocenters. The number of ether oxygens (including phenoxy) is 1. The Balaban J connectivity index is 0.00000312. The maximum absolute atomic E-state index is 12.2. The topological polar surface area (TPSA) is 81.1 Å². The Hall–Kier alpha value is -2.26. The molecule has 1 amide bonds. The summed E-state index contributed by atoms with van der Waals surface area (Å²) in [6, 6.07) is 5.93. The maximum Gasteiger partial charge on any atom is 0.387 e. The van der Waals surface area contributed by atoms with Crippen LogP contribution in [-0.2, 0) is 0 Å². The average molecular weight is 376 g/mol. The summed E-state index contributed by atoms with van der Waals surface area (Å²) >= 11 is 0. The predicted molar refractivity (Wildman–Crippen MR) is 90.9 cm³/mol. The van der Waals surface area contributed by atoms with Gasteiger partial charge in [0.15, 0.2) is 5.69 Å². The first kappa shape index (κ1) is 20.8. The van der Waals surface area contributed by atoms with Crippen molar-refractivity contribution in [3.05, 3.63) is 35.7 Å². The minimum Gasteiger partial charge on any atom is -0.435 e. The summed E-state index contributed by atoms with van der Waals surface area (Å²) in [6.45, 7) is 2.80. The fourth-order valence-electron chi connectivity index (χ4n) is 2.08. The highest BCUT2D eigenvalue weighted by Gasteiger charge is 2.17. The molecule has 10 heteroatoms. The van der Waals surface area contributed by atoms with Gasteiger partial charge in [-0.25, -0.2) is 4.68 Å². The SMILES string of the molecule is CCNCCNC(=O)c1nnn(-c2ccc(OC(F)F)cc2)c1C.Cl. The molecule has 0 aliphatic rings. The van der Waals surface area contributed by atoms with E-state index in [2.05, 4.69) is 25.7 Å². The van der Waals surface area contributed by atoms with Crippen molar-refractivity contribution in [2.75, 3.05) is 19.6 Å². The van der Waals surface area contributed by atoms with Gasteiger partial charge in [-0.1, -0.05) is 12.1 Å². The molecule has 1 aromatic heterocycles. The Morgan fingerprint density at radius 1 is 1.28 bits per heavy atom. The number of aromatic nitrogens is 3. The smallest absolute Gasteiger partial charge is 0.387 e. The highest BCUT2D eigenvalue weighted by atomic mass is 35.5. The van der Waals surface area contributed by atoms with Gasteiger partial charge in [-0.05, 0) is 37.7 Å². The molecule has 0 spiro atoms. The van der Waals surface area contributed by atoms with E-state index in [1.54, 1.807) is 19.1 Å². The van der Waals surface area contributed by atoms with Crippen LogP contribution in [0.2, 0.25) is 0 Å². The van der Waals surface area contributed by atoms with Crippen LogP contribution in [0.25, 0.3) is 5.69 Å². The van der Waals surface area contributed by atoms with Gasteiger partial charge < -0.3 is 15.4 Å². The molecule has 0 unspecified atom stereocenters. The fourth-order valence-corrected chi connectivity index (χ4v) is 2.08. The summed E-state index contributed by atoms with van der Waals surface area (Å²) in [7, 11) is 0.